The number of aromatic nitrogens is 3. The molecule has 0 unspecified atom stereocenters. The highest BCUT2D eigenvalue weighted by molar-refractivity contribution is 5.94. The summed E-state index contributed by atoms with van der Waals surface area (Å²) in [5.74, 6) is -0.233. The van der Waals surface area contributed by atoms with Crippen LogP contribution < -0.4 is 5.32 Å². The van der Waals surface area contributed by atoms with Crippen LogP contribution in [0.5, 0.6) is 0 Å². The van der Waals surface area contributed by atoms with E-state index in [-0.39, 0.29) is 12.0 Å². The number of nitrogens with zero attached hydrogens (tertiary/aromatic N) is 4. The van der Waals surface area contributed by atoms with Gasteiger partial charge < -0.3 is 15.0 Å². The fourth-order valence-corrected chi connectivity index (χ4v) is 2.99. The van der Waals surface area contributed by atoms with Crippen molar-refractivity contribution in [3.05, 3.63) is 47.0 Å². The maximum atomic E-state index is 12.6. The molecule has 2 amide bonds. The highest BCUT2D eigenvalue weighted by atomic mass is 16.6. The van der Waals surface area contributed by atoms with Crippen molar-refractivity contribution in [3.63, 3.8) is 0 Å². The van der Waals surface area contributed by atoms with Gasteiger partial charge >= 0.3 is 6.09 Å². The van der Waals surface area contributed by atoms with E-state index in [0.717, 1.165) is 17.0 Å². The van der Waals surface area contributed by atoms with E-state index >= 15 is 0 Å². The van der Waals surface area contributed by atoms with Gasteiger partial charge in [0.05, 0.1) is 24.5 Å². The monoisotopic (exact) mass is 371 g/mol. The molecule has 0 aromatic carbocycles. The summed E-state index contributed by atoms with van der Waals surface area (Å²) in [6.07, 6.45) is 1.90. The number of pyridine rings is 1. The first kappa shape index (κ1) is 18.9. The number of aryl methyl sites for hydroxylation is 1. The van der Waals surface area contributed by atoms with Gasteiger partial charge in [0.25, 0.3) is 5.91 Å². The molecule has 0 saturated heterocycles. The Morgan fingerprint density at radius 1 is 1.30 bits per heavy atom. The third-order valence-corrected chi connectivity index (χ3v) is 4.27. The molecule has 0 atom stereocenters. The zero-order chi connectivity index (χ0) is 19.6. The van der Waals surface area contributed by atoms with Crippen LogP contribution in [0.3, 0.4) is 0 Å². The Morgan fingerprint density at radius 3 is 2.74 bits per heavy atom. The van der Waals surface area contributed by atoms with Crippen molar-refractivity contribution >= 4 is 12.0 Å². The summed E-state index contributed by atoms with van der Waals surface area (Å²) in [6.45, 7) is 6.74. The van der Waals surface area contributed by atoms with Crippen molar-refractivity contribution in [2.45, 2.75) is 45.9 Å². The first-order valence-electron chi connectivity index (χ1n) is 8.95. The normalized spacial score (nSPS) is 13.9. The van der Waals surface area contributed by atoms with Gasteiger partial charge in [-0.1, -0.05) is 6.07 Å². The molecule has 2 aromatic rings. The van der Waals surface area contributed by atoms with Crippen molar-refractivity contribution < 1.29 is 14.3 Å². The Hall–Kier alpha value is -2.90. The van der Waals surface area contributed by atoms with Crippen molar-refractivity contribution in [3.8, 4) is 0 Å². The molecule has 1 aliphatic rings. The van der Waals surface area contributed by atoms with Crippen molar-refractivity contribution in [2.75, 3.05) is 6.54 Å². The maximum Gasteiger partial charge on any atom is 0.410 e. The Balaban J connectivity index is 1.70. The molecule has 0 fully saturated rings. The number of fused-ring (bicyclic) bond motifs is 1. The molecule has 0 aliphatic carbocycles. The first-order valence-corrected chi connectivity index (χ1v) is 8.95. The van der Waals surface area contributed by atoms with Gasteiger partial charge in [0, 0.05) is 25.4 Å². The molecule has 0 spiro atoms. The largest absolute Gasteiger partial charge is 0.444 e. The second-order valence-corrected chi connectivity index (χ2v) is 7.55. The molecule has 8 heteroatoms. The van der Waals surface area contributed by atoms with Crippen LogP contribution >= 0.6 is 0 Å². The SMILES string of the molecule is Cn1nc(C(=O)NCc2ccccn2)c2c1CN(C(=O)OC(C)(C)C)CC2. The number of nitrogens with one attached hydrogen (secondary N) is 1. The molecule has 0 radical (unpaired) electrons. The molecular formula is C19H25N5O3. The number of carbonyl (C=O) groups is 2. The molecule has 2 aromatic heterocycles. The fourth-order valence-electron chi connectivity index (χ4n) is 2.99. The number of ether oxygens (including phenoxy) is 1. The Kier molecular flexibility index (Phi) is 5.16. The molecule has 3 heterocycles. The van der Waals surface area contributed by atoms with Crippen LogP contribution in [0, 0.1) is 0 Å². The lowest BCUT2D eigenvalue weighted by atomic mass is 10.0. The minimum absolute atomic E-state index is 0.233. The van der Waals surface area contributed by atoms with Crippen LogP contribution in [0.15, 0.2) is 24.4 Å². The van der Waals surface area contributed by atoms with E-state index in [0.29, 0.717) is 31.7 Å². The minimum atomic E-state index is -0.541. The number of carbonyl (C=O) groups excluding carboxylic acids is 2. The zero-order valence-electron chi connectivity index (χ0n) is 16.2. The molecule has 1 aliphatic heterocycles. The molecule has 0 bridgehead atoms. The van der Waals surface area contributed by atoms with Crippen LogP contribution in [-0.2, 0) is 31.3 Å². The van der Waals surface area contributed by atoms with E-state index in [4.69, 9.17) is 4.74 Å². The van der Waals surface area contributed by atoms with E-state index in [1.54, 1.807) is 22.8 Å². The number of hydrogen-bond acceptors (Lipinski definition) is 5. The zero-order valence-corrected chi connectivity index (χ0v) is 16.2. The highest BCUT2D eigenvalue weighted by Gasteiger charge is 2.31. The van der Waals surface area contributed by atoms with Gasteiger partial charge in [-0.3, -0.25) is 14.5 Å². The average Bonchev–Trinajstić information content (AvgIpc) is 2.95. The van der Waals surface area contributed by atoms with E-state index in [9.17, 15) is 9.59 Å². The molecule has 144 valence electrons. The van der Waals surface area contributed by atoms with Gasteiger partial charge in [0.1, 0.15) is 5.60 Å². The summed E-state index contributed by atoms with van der Waals surface area (Å²) in [7, 11) is 1.78. The van der Waals surface area contributed by atoms with Crippen LogP contribution in [0.4, 0.5) is 4.79 Å². The lowest BCUT2D eigenvalue weighted by Gasteiger charge is -2.30. The van der Waals surface area contributed by atoms with Crippen LogP contribution in [0.2, 0.25) is 0 Å². The standard InChI is InChI=1S/C19H25N5O3/c1-19(2,3)27-18(26)24-10-8-14-15(12-24)23(4)22-16(14)17(25)21-11-13-7-5-6-9-20-13/h5-7,9H,8,10-12H2,1-4H3,(H,21,25). The summed E-state index contributed by atoms with van der Waals surface area (Å²) in [5, 5.41) is 7.24. The lowest BCUT2D eigenvalue weighted by molar-refractivity contribution is 0.0219. The second-order valence-electron chi connectivity index (χ2n) is 7.55. The summed E-state index contributed by atoms with van der Waals surface area (Å²) >= 11 is 0. The maximum absolute atomic E-state index is 12.6. The third-order valence-electron chi connectivity index (χ3n) is 4.27. The summed E-state index contributed by atoms with van der Waals surface area (Å²) < 4.78 is 7.11. The summed E-state index contributed by atoms with van der Waals surface area (Å²) in [5.41, 5.74) is 2.39. The van der Waals surface area contributed by atoms with Crippen LogP contribution in [-0.4, -0.2) is 43.8 Å². The van der Waals surface area contributed by atoms with E-state index in [1.807, 2.05) is 39.0 Å². The van der Waals surface area contributed by atoms with Crippen molar-refractivity contribution in [2.24, 2.45) is 7.05 Å². The predicted octanol–water partition coefficient (Wildman–Crippen LogP) is 2.04. The van der Waals surface area contributed by atoms with Gasteiger partial charge in [0.15, 0.2) is 5.69 Å². The Labute approximate surface area is 158 Å². The number of rotatable bonds is 3. The highest BCUT2D eigenvalue weighted by Crippen LogP contribution is 2.23. The average molecular weight is 371 g/mol. The van der Waals surface area contributed by atoms with E-state index < -0.39 is 5.60 Å². The summed E-state index contributed by atoms with van der Waals surface area (Å²) in [4.78, 5) is 30.7. The van der Waals surface area contributed by atoms with Gasteiger partial charge in [-0.05, 0) is 39.3 Å². The molecule has 27 heavy (non-hydrogen) atoms. The lowest BCUT2D eigenvalue weighted by Crippen LogP contribution is -2.40. The van der Waals surface area contributed by atoms with Gasteiger partial charge in [0.2, 0.25) is 0 Å². The number of amides is 2. The number of hydrogen-bond donors (Lipinski definition) is 1. The van der Waals surface area contributed by atoms with Crippen LogP contribution in [0.1, 0.15) is 48.2 Å². The Morgan fingerprint density at radius 2 is 2.07 bits per heavy atom. The van der Waals surface area contributed by atoms with Gasteiger partial charge in [-0.25, -0.2) is 4.79 Å². The first-order chi connectivity index (χ1) is 12.7. The quantitative estimate of drug-likeness (QED) is 0.892. The molecule has 1 N–H and O–H groups in total. The van der Waals surface area contributed by atoms with Crippen LogP contribution in [0.25, 0.3) is 0 Å². The van der Waals surface area contributed by atoms with Gasteiger partial charge in [-0.15, -0.1) is 0 Å². The predicted molar refractivity (Wildman–Crippen MR) is 99.0 cm³/mol. The smallest absolute Gasteiger partial charge is 0.410 e. The van der Waals surface area contributed by atoms with Crippen molar-refractivity contribution in [1.29, 1.82) is 0 Å². The topological polar surface area (TPSA) is 89.4 Å². The molecule has 3 rings (SSSR count). The Bertz CT molecular complexity index is 839. The van der Waals surface area contributed by atoms with Gasteiger partial charge in [-0.2, -0.15) is 5.10 Å². The fraction of sp³-hybridized carbons (Fsp3) is 0.474. The second kappa shape index (κ2) is 7.38. The minimum Gasteiger partial charge on any atom is -0.444 e. The molecular weight excluding hydrogens is 346 g/mol. The third kappa shape index (κ3) is 4.45. The van der Waals surface area contributed by atoms with Crippen molar-refractivity contribution in [1.82, 2.24) is 25.0 Å². The summed E-state index contributed by atoms with van der Waals surface area (Å²) in [6, 6.07) is 5.56. The van der Waals surface area contributed by atoms with E-state index in [2.05, 4.69) is 15.4 Å². The molecule has 0 saturated carbocycles. The van der Waals surface area contributed by atoms with E-state index in [1.165, 1.54) is 0 Å². The molecule has 8 nitrogen and oxygen atoms in total.